The Morgan fingerprint density at radius 2 is 2.25 bits per heavy atom. The molecule has 0 atom stereocenters. The Morgan fingerprint density at radius 3 is 3.05 bits per heavy atom. The van der Waals surface area contributed by atoms with Crippen LogP contribution < -0.4 is 10.9 Å². The summed E-state index contributed by atoms with van der Waals surface area (Å²) >= 11 is 0. The summed E-state index contributed by atoms with van der Waals surface area (Å²) in [7, 11) is 0. The zero-order chi connectivity index (χ0) is 14.1. The van der Waals surface area contributed by atoms with Gasteiger partial charge in [0.1, 0.15) is 11.4 Å². The highest BCUT2D eigenvalue weighted by molar-refractivity contribution is 5.88. The van der Waals surface area contributed by atoms with E-state index in [-0.39, 0.29) is 12.2 Å². The standard InChI is InChI=1S/C14H13N3O3/c1-2-20-14(19)9-7-16-12-8-15-10-5-3-4-6-11(10)17(12)13(9)18/h3-7,15H,2,8H2,1H3. The number of hydrogen-bond acceptors (Lipinski definition) is 5. The molecule has 0 spiro atoms. The fourth-order valence-corrected chi connectivity index (χ4v) is 2.20. The molecule has 0 amide bonds. The highest BCUT2D eigenvalue weighted by Crippen LogP contribution is 2.24. The highest BCUT2D eigenvalue weighted by Gasteiger charge is 2.22. The van der Waals surface area contributed by atoms with Crippen LogP contribution in [0.4, 0.5) is 5.69 Å². The normalized spacial score (nSPS) is 12.1. The number of hydrogen-bond donors (Lipinski definition) is 1. The van der Waals surface area contributed by atoms with Gasteiger partial charge in [-0.3, -0.25) is 9.36 Å². The lowest BCUT2D eigenvalue weighted by Crippen LogP contribution is -2.33. The predicted molar refractivity (Wildman–Crippen MR) is 73.1 cm³/mol. The number of benzene rings is 1. The van der Waals surface area contributed by atoms with Crippen molar-refractivity contribution in [1.29, 1.82) is 0 Å². The Bertz CT molecular complexity index is 737. The molecule has 0 bridgehead atoms. The molecule has 0 aliphatic carbocycles. The van der Waals surface area contributed by atoms with E-state index in [1.54, 1.807) is 6.92 Å². The Kier molecular flexibility index (Phi) is 2.98. The smallest absolute Gasteiger partial charge is 0.345 e. The van der Waals surface area contributed by atoms with E-state index in [0.29, 0.717) is 18.1 Å². The molecule has 1 aromatic carbocycles. The minimum absolute atomic E-state index is 0.0488. The van der Waals surface area contributed by atoms with Crippen LogP contribution in [0.5, 0.6) is 0 Å². The maximum atomic E-state index is 12.5. The minimum Gasteiger partial charge on any atom is -0.462 e. The number of rotatable bonds is 2. The van der Waals surface area contributed by atoms with Gasteiger partial charge in [0.2, 0.25) is 0 Å². The summed E-state index contributed by atoms with van der Waals surface area (Å²) in [5.74, 6) is -0.0712. The fourth-order valence-electron chi connectivity index (χ4n) is 2.20. The number of anilines is 1. The molecule has 0 radical (unpaired) electrons. The number of esters is 1. The van der Waals surface area contributed by atoms with E-state index in [1.807, 2.05) is 24.3 Å². The number of fused-ring (bicyclic) bond motifs is 3. The van der Waals surface area contributed by atoms with E-state index in [9.17, 15) is 9.59 Å². The molecule has 6 nitrogen and oxygen atoms in total. The van der Waals surface area contributed by atoms with Crippen LogP contribution in [-0.2, 0) is 11.3 Å². The first-order chi connectivity index (χ1) is 9.72. The Hall–Kier alpha value is -2.63. The van der Waals surface area contributed by atoms with Crippen molar-refractivity contribution in [3.05, 3.63) is 52.2 Å². The maximum absolute atomic E-state index is 12.5. The third-order valence-electron chi connectivity index (χ3n) is 3.11. The van der Waals surface area contributed by atoms with Crippen LogP contribution in [0, 0.1) is 0 Å². The topological polar surface area (TPSA) is 73.2 Å². The van der Waals surface area contributed by atoms with Crippen molar-refractivity contribution in [3.8, 4) is 5.69 Å². The summed E-state index contributed by atoms with van der Waals surface area (Å²) in [6, 6.07) is 7.40. The van der Waals surface area contributed by atoms with Gasteiger partial charge in [0.15, 0.2) is 0 Å². The summed E-state index contributed by atoms with van der Waals surface area (Å²) in [4.78, 5) is 28.4. The Balaban J connectivity index is 2.20. The molecule has 0 fully saturated rings. The minimum atomic E-state index is -0.642. The summed E-state index contributed by atoms with van der Waals surface area (Å²) in [5.41, 5.74) is 1.08. The summed E-state index contributed by atoms with van der Waals surface area (Å²) in [5, 5.41) is 3.18. The summed E-state index contributed by atoms with van der Waals surface area (Å²) in [6.07, 6.45) is 1.28. The molecule has 1 aliphatic rings. The predicted octanol–water partition coefficient (Wildman–Crippen LogP) is 1.33. The monoisotopic (exact) mass is 271 g/mol. The number of nitrogens with zero attached hydrogens (tertiary/aromatic N) is 2. The molecule has 20 heavy (non-hydrogen) atoms. The highest BCUT2D eigenvalue weighted by atomic mass is 16.5. The molecule has 2 aromatic rings. The van der Waals surface area contributed by atoms with Crippen molar-refractivity contribution in [2.24, 2.45) is 0 Å². The van der Waals surface area contributed by atoms with Crippen molar-refractivity contribution >= 4 is 11.7 Å². The molecule has 0 saturated carbocycles. The SMILES string of the molecule is CCOC(=O)c1cnc2n(c1=O)-c1ccccc1NC2. The van der Waals surface area contributed by atoms with Crippen LogP contribution in [0.25, 0.3) is 5.69 Å². The van der Waals surface area contributed by atoms with Crippen molar-refractivity contribution < 1.29 is 9.53 Å². The molecule has 3 rings (SSSR count). The summed E-state index contributed by atoms with van der Waals surface area (Å²) in [6.45, 7) is 2.36. The molecule has 1 N–H and O–H groups in total. The number of ether oxygens (including phenoxy) is 1. The van der Waals surface area contributed by atoms with E-state index in [0.717, 1.165) is 5.69 Å². The first kappa shape index (κ1) is 12.4. The van der Waals surface area contributed by atoms with Crippen LogP contribution >= 0.6 is 0 Å². The third-order valence-corrected chi connectivity index (χ3v) is 3.11. The number of para-hydroxylation sites is 2. The lowest BCUT2D eigenvalue weighted by atomic mass is 10.2. The quantitative estimate of drug-likeness (QED) is 0.834. The van der Waals surface area contributed by atoms with Gasteiger partial charge in [0, 0.05) is 6.20 Å². The molecular formula is C14H13N3O3. The average Bonchev–Trinajstić information content (AvgIpc) is 2.47. The molecule has 6 heteroatoms. The second-order valence-corrected chi connectivity index (χ2v) is 4.32. The van der Waals surface area contributed by atoms with E-state index in [2.05, 4.69) is 10.3 Å². The van der Waals surface area contributed by atoms with Crippen molar-refractivity contribution in [2.45, 2.75) is 13.5 Å². The van der Waals surface area contributed by atoms with Gasteiger partial charge in [-0.15, -0.1) is 0 Å². The van der Waals surface area contributed by atoms with E-state index < -0.39 is 11.5 Å². The molecular weight excluding hydrogens is 258 g/mol. The van der Waals surface area contributed by atoms with Crippen molar-refractivity contribution in [1.82, 2.24) is 9.55 Å². The number of aromatic nitrogens is 2. The van der Waals surface area contributed by atoms with Gasteiger partial charge < -0.3 is 10.1 Å². The van der Waals surface area contributed by atoms with Gasteiger partial charge >= 0.3 is 5.97 Å². The largest absolute Gasteiger partial charge is 0.462 e. The maximum Gasteiger partial charge on any atom is 0.345 e. The second-order valence-electron chi connectivity index (χ2n) is 4.32. The number of carbonyl (C=O) groups is 1. The van der Waals surface area contributed by atoms with Gasteiger partial charge in [0.05, 0.1) is 24.5 Å². The Labute approximate surface area is 115 Å². The second kappa shape index (κ2) is 4.80. The van der Waals surface area contributed by atoms with Gasteiger partial charge in [-0.2, -0.15) is 0 Å². The summed E-state index contributed by atoms with van der Waals surface area (Å²) < 4.78 is 6.34. The Morgan fingerprint density at radius 1 is 1.45 bits per heavy atom. The molecule has 2 heterocycles. The molecule has 0 saturated heterocycles. The molecule has 1 aliphatic heterocycles. The lowest BCUT2D eigenvalue weighted by molar-refractivity contribution is 0.0523. The number of nitrogens with one attached hydrogen (secondary N) is 1. The molecule has 0 unspecified atom stereocenters. The van der Waals surface area contributed by atoms with E-state index in [4.69, 9.17) is 4.74 Å². The zero-order valence-electron chi connectivity index (χ0n) is 10.9. The van der Waals surface area contributed by atoms with Crippen LogP contribution in [0.15, 0.2) is 35.3 Å². The van der Waals surface area contributed by atoms with Gasteiger partial charge in [-0.05, 0) is 19.1 Å². The van der Waals surface area contributed by atoms with E-state index >= 15 is 0 Å². The lowest BCUT2D eigenvalue weighted by Gasteiger charge is -2.22. The zero-order valence-corrected chi connectivity index (χ0v) is 10.9. The number of carbonyl (C=O) groups excluding carboxylic acids is 1. The van der Waals surface area contributed by atoms with Crippen LogP contribution in [0.3, 0.4) is 0 Å². The van der Waals surface area contributed by atoms with Gasteiger partial charge in [-0.1, -0.05) is 12.1 Å². The van der Waals surface area contributed by atoms with Crippen molar-refractivity contribution in [3.63, 3.8) is 0 Å². The van der Waals surface area contributed by atoms with Gasteiger partial charge in [0.25, 0.3) is 5.56 Å². The van der Waals surface area contributed by atoms with Gasteiger partial charge in [-0.25, -0.2) is 9.78 Å². The van der Waals surface area contributed by atoms with Crippen molar-refractivity contribution in [2.75, 3.05) is 11.9 Å². The third kappa shape index (κ3) is 1.85. The average molecular weight is 271 g/mol. The first-order valence-corrected chi connectivity index (χ1v) is 6.33. The van der Waals surface area contributed by atoms with Crippen LogP contribution in [0.1, 0.15) is 23.1 Å². The van der Waals surface area contributed by atoms with E-state index in [1.165, 1.54) is 10.8 Å². The molecule has 102 valence electrons. The first-order valence-electron chi connectivity index (χ1n) is 6.33. The fraction of sp³-hybridized carbons (Fsp3) is 0.214. The van der Waals surface area contributed by atoms with Crippen LogP contribution in [0.2, 0.25) is 0 Å². The molecule has 1 aromatic heterocycles. The van der Waals surface area contributed by atoms with Crippen LogP contribution in [-0.4, -0.2) is 22.1 Å².